The van der Waals surface area contributed by atoms with Crippen molar-refractivity contribution >= 4 is 22.3 Å². The van der Waals surface area contributed by atoms with Crippen LogP contribution in [0.5, 0.6) is 0 Å². The molecule has 0 aromatic carbocycles. The monoisotopic (exact) mass is 250 g/mol. The number of aromatic nitrogens is 2. The van der Waals surface area contributed by atoms with E-state index in [1.165, 1.54) is 0 Å². The number of aromatic amines is 1. The van der Waals surface area contributed by atoms with E-state index in [1.807, 2.05) is 0 Å². The average Bonchev–Trinajstić information content (AvgIpc) is 2.09. The van der Waals surface area contributed by atoms with E-state index in [2.05, 4.69) is 9.27 Å². The van der Waals surface area contributed by atoms with E-state index in [0.717, 1.165) is 17.0 Å². The Morgan fingerprint density at radius 3 is 2.80 bits per heavy atom. The summed E-state index contributed by atoms with van der Waals surface area (Å²) in [7, 11) is -3.65. The number of H-pyrrole nitrogens is 1. The van der Waals surface area contributed by atoms with Gasteiger partial charge in [0.1, 0.15) is 0 Å². The van der Waals surface area contributed by atoms with Gasteiger partial charge < -0.3 is 0 Å². The molecular formula is C7H10N2O4S2. The van der Waals surface area contributed by atoms with Crippen LogP contribution < -0.4 is 9.84 Å². The number of hydrogen-bond donors (Lipinski definition) is 1. The Hall–Kier alpha value is -1.15. The van der Waals surface area contributed by atoms with Crippen LogP contribution in [0.3, 0.4) is 0 Å². The zero-order valence-corrected chi connectivity index (χ0v) is 9.60. The fraction of sp³-hybridized carbons (Fsp3) is 0.429. The standard InChI is InChI=1S/C7H10N2O4S2/c1-2-5-15(11,12)13-9-4-3-6(10)8-7(9)14/h3-4H,2,5H2,1H3,(H,8,10,14). The second-order valence-corrected chi connectivity index (χ2v) is 4.83. The molecule has 0 aliphatic rings. The molecule has 0 amide bonds. The molecule has 1 N–H and O–H groups in total. The molecule has 6 nitrogen and oxygen atoms in total. The molecule has 0 unspecified atom stereocenters. The quantitative estimate of drug-likeness (QED) is 0.765. The van der Waals surface area contributed by atoms with Crippen LogP contribution >= 0.6 is 12.2 Å². The van der Waals surface area contributed by atoms with Gasteiger partial charge in [0.2, 0.25) is 4.77 Å². The fourth-order valence-corrected chi connectivity index (χ4v) is 2.06. The molecule has 0 aliphatic carbocycles. The normalized spacial score (nSPS) is 11.3. The molecular weight excluding hydrogens is 240 g/mol. The molecule has 84 valence electrons. The largest absolute Gasteiger partial charge is 0.327 e. The molecule has 0 spiro atoms. The van der Waals surface area contributed by atoms with Crippen LogP contribution in [0, 0.1) is 4.77 Å². The first-order valence-electron chi connectivity index (χ1n) is 4.19. The maximum Gasteiger partial charge on any atom is 0.327 e. The fourth-order valence-electron chi connectivity index (χ4n) is 0.874. The van der Waals surface area contributed by atoms with Crippen molar-refractivity contribution in [1.82, 2.24) is 9.71 Å². The van der Waals surface area contributed by atoms with E-state index in [-0.39, 0.29) is 10.5 Å². The van der Waals surface area contributed by atoms with Gasteiger partial charge in [-0.2, -0.15) is 8.42 Å². The minimum Gasteiger partial charge on any atom is -0.297 e. The molecule has 1 rings (SSSR count). The summed E-state index contributed by atoms with van der Waals surface area (Å²) in [6.07, 6.45) is 1.60. The Bertz CT molecular complexity index is 543. The highest BCUT2D eigenvalue weighted by molar-refractivity contribution is 7.86. The van der Waals surface area contributed by atoms with Gasteiger partial charge in [0, 0.05) is 6.07 Å². The first-order valence-corrected chi connectivity index (χ1v) is 6.18. The summed E-state index contributed by atoms with van der Waals surface area (Å²) >= 11 is 4.71. The number of nitrogens with one attached hydrogen (secondary N) is 1. The van der Waals surface area contributed by atoms with Crippen LogP contribution in [0.2, 0.25) is 0 Å². The molecule has 0 radical (unpaired) electrons. The summed E-state index contributed by atoms with van der Waals surface area (Å²) in [6.45, 7) is 1.72. The third-order valence-electron chi connectivity index (χ3n) is 1.44. The number of nitrogens with zero attached hydrogens (tertiary/aromatic N) is 1. The van der Waals surface area contributed by atoms with Crippen LogP contribution in [0.15, 0.2) is 17.1 Å². The Labute approximate surface area is 91.6 Å². The van der Waals surface area contributed by atoms with Crippen LogP contribution in [-0.4, -0.2) is 23.9 Å². The highest BCUT2D eigenvalue weighted by Crippen LogP contribution is 1.93. The average molecular weight is 250 g/mol. The Morgan fingerprint density at radius 1 is 1.60 bits per heavy atom. The van der Waals surface area contributed by atoms with Gasteiger partial charge in [-0.05, 0) is 18.6 Å². The van der Waals surface area contributed by atoms with Gasteiger partial charge in [0.05, 0.1) is 11.9 Å². The van der Waals surface area contributed by atoms with Crippen molar-refractivity contribution in [2.75, 3.05) is 5.75 Å². The van der Waals surface area contributed by atoms with Crippen molar-refractivity contribution in [1.29, 1.82) is 0 Å². The lowest BCUT2D eigenvalue weighted by Crippen LogP contribution is -2.25. The Kier molecular flexibility index (Phi) is 3.64. The van der Waals surface area contributed by atoms with Crippen molar-refractivity contribution < 1.29 is 12.7 Å². The van der Waals surface area contributed by atoms with E-state index < -0.39 is 15.7 Å². The van der Waals surface area contributed by atoms with Gasteiger partial charge >= 0.3 is 10.1 Å². The number of rotatable bonds is 4. The SMILES string of the molecule is CCCS(=O)(=O)On1ccc(=O)[nH]c1=S. The maximum absolute atomic E-state index is 11.3. The summed E-state index contributed by atoms with van der Waals surface area (Å²) in [5.74, 6) is -0.103. The number of hydrogen-bond acceptors (Lipinski definition) is 5. The third kappa shape index (κ3) is 3.48. The summed E-state index contributed by atoms with van der Waals surface area (Å²) in [5.41, 5.74) is -0.410. The van der Waals surface area contributed by atoms with Crippen molar-refractivity contribution in [2.24, 2.45) is 0 Å². The van der Waals surface area contributed by atoms with Gasteiger partial charge in [-0.3, -0.25) is 14.1 Å². The topological polar surface area (TPSA) is 81.2 Å². The molecule has 0 aliphatic heterocycles. The summed E-state index contributed by atoms with van der Waals surface area (Å²) < 4.78 is 27.9. The molecule has 0 fully saturated rings. The third-order valence-corrected chi connectivity index (χ3v) is 3.02. The minimum atomic E-state index is -3.65. The summed E-state index contributed by atoms with van der Waals surface area (Å²) in [6, 6.07) is 1.12. The molecule has 0 saturated carbocycles. The van der Waals surface area contributed by atoms with Crippen LogP contribution in [-0.2, 0) is 10.1 Å². The maximum atomic E-state index is 11.3. The van der Waals surface area contributed by atoms with Crippen molar-refractivity contribution in [3.05, 3.63) is 27.4 Å². The van der Waals surface area contributed by atoms with Crippen molar-refractivity contribution in [3.63, 3.8) is 0 Å². The lowest BCUT2D eigenvalue weighted by molar-refractivity contribution is 0.267. The zero-order valence-electron chi connectivity index (χ0n) is 7.97. The first-order chi connectivity index (χ1) is 6.94. The molecule has 1 aromatic rings. The summed E-state index contributed by atoms with van der Waals surface area (Å²) in [5, 5.41) is 0. The van der Waals surface area contributed by atoms with E-state index in [9.17, 15) is 13.2 Å². The second kappa shape index (κ2) is 4.58. The van der Waals surface area contributed by atoms with Gasteiger partial charge in [-0.25, -0.2) is 0 Å². The van der Waals surface area contributed by atoms with Crippen LogP contribution in [0.4, 0.5) is 0 Å². The molecule has 15 heavy (non-hydrogen) atoms. The molecule has 8 heteroatoms. The predicted octanol–water partition coefficient (Wildman–Crippen LogP) is 0.0743. The summed E-state index contributed by atoms with van der Waals surface area (Å²) in [4.78, 5) is 13.0. The van der Waals surface area contributed by atoms with Crippen LogP contribution in [0.25, 0.3) is 0 Å². The lowest BCUT2D eigenvalue weighted by Gasteiger charge is -2.06. The van der Waals surface area contributed by atoms with E-state index in [4.69, 9.17) is 12.2 Å². The van der Waals surface area contributed by atoms with Gasteiger partial charge in [0.25, 0.3) is 5.56 Å². The van der Waals surface area contributed by atoms with Crippen molar-refractivity contribution in [3.8, 4) is 0 Å². The molecule has 1 heterocycles. The minimum absolute atomic E-state index is 0.0952. The van der Waals surface area contributed by atoms with E-state index in [1.54, 1.807) is 6.92 Å². The molecule has 0 atom stereocenters. The van der Waals surface area contributed by atoms with Gasteiger partial charge in [-0.1, -0.05) is 6.92 Å². The van der Waals surface area contributed by atoms with E-state index >= 15 is 0 Å². The highest BCUT2D eigenvalue weighted by atomic mass is 32.2. The second-order valence-electron chi connectivity index (χ2n) is 2.77. The molecule has 0 bridgehead atoms. The van der Waals surface area contributed by atoms with E-state index in [0.29, 0.717) is 6.42 Å². The van der Waals surface area contributed by atoms with Crippen LogP contribution in [0.1, 0.15) is 13.3 Å². The van der Waals surface area contributed by atoms with Gasteiger partial charge in [0.15, 0.2) is 0 Å². The molecule has 0 saturated heterocycles. The Balaban J connectivity index is 3.01. The highest BCUT2D eigenvalue weighted by Gasteiger charge is 2.11. The zero-order chi connectivity index (χ0) is 11.5. The molecule has 1 aromatic heterocycles. The Morgan fingerprint density at radius 2 is 2.27 bits per heavy atom. The smallest absolute Gasteiger partial charge is 0.297 e. The van der Waals surface area contributed by atoms with Gasteiger partial charge in [-0.15, -0.1) is 4.73 Å². The lowest BCUT2D eigenvalue weighted by atomic mass is 10.6. The first kappa shape index (κ1) is 11.9. The van der Waals surface area contributed by atoms with Crippen molar-refractivity contribution in [2.45, 2.75) is 13.3 Å². The predicted molar refractivity (Wildman–Crippen MR) is 56.5 cm³/mol.